The molecule has 6 heavy (non-hydrogen) atoms. The van der Waals surface area contributed by atoms with E-state index in [0.717, 1.165) is 6.42 Å². The largest absolute Gasteiger partial charge is 0.147 e. The van der Waals surface area contributed by atoms with Gasteiger partial charge in [-0.25, -0.2) is 0 Å². The fraction of sp³-hybridized carbons (Fsp3) is 0.500. The van der Waals surface area contributed by atoms with Crippen molar-refractivity contribution >= 4 is 24.8 Å². The van der Waals surface area contributed by atoms with Gasteiger partial charge in [-0.1, -0.05) is 6.92 Å². The molecule has 0 aromatic rings. The van der Waals surface area contributed by atoms with Gasteiger partial charge in [0.05, 0.1) is 0 Å². The Balaban J connectivity index is -0.0000000450. The first kappa shape index (κ1) is 16.5. The summed E-state index contributed by atoms with van der Waals surface area (Å²) < 4.78 is 0. The molecule has 0 heterocycles. The minimum absolute atomic E-state index is 0. The van der Waals surface area contributed by atoms with E-state index in [4.69, 9.17) is 6.42 Å². The zero-order valence-corrected chi connectivity index (χ0v) is 5.23. The molecule has 0 aliphatic heterocycles. The van der Waals surface area contributed by atoms with Crippen LogP contribution in [0.1, 0.15) is 13.3 Å². The van der Waals surface area contributed by atoms with Gasteiger partial charge in [-0.3, -0.25) is 0 Å². The van der Waals surface area contributed by atoms with Gasteiger partial charge < -0.3 is 0 Å². The van der Waals surface area contributed by atoms with Gasteiger partial charge in [-0.15, -0.1) is 37.2 Å². The van der Waals surface area contributed by atoms with Crippen molar-refractivity contribution in [1.82, 2.24) is 0 Å². The van der Waals surface area contributed by atoms with Crippen molar-refractivity contribution in [3.63, 3.8) is 0 Å². The fourth-order valence-electron chi connectivity index (χ4n) is 0. The van der Waals surface area contributed by atoms with Crippen LogP contribution in [0, 0.1) is 12.3 Å². The zero-order valence-electron chi connectivity index (χ0n) is 3.60. The minimum atomic E-state index is 0. The number of hydrogen-bond acceptors (Lipinski definition) is 0. The summed E-state index contributed by atoms with van der Waals surface area (Å²) in [6.07, 6.45) is 5.62. The van der Waals surface area contributed by atoms with Gasteiger partial charge in [0.15, 0.2) is 0 Å². The van der Waals surface area contributed by atoms with Crippen LogP contribution >= 0.6 is 24.8 Å². The van der Waals surface area contributed by atoms with Crippen molar-refractivity contribution < 1.29 is 0 Å². The molecule has 0 aliphatic carbocycles. The van der Waals surface area contributed by atoms with Crippen LogP contribution in [0.3, 0.4) is 0 Å². The first-order valence-electron chi connectivity index (χ1n) is 1.35. The summed E-state index contributed by atoms with van der Waals surface area (Å²) in [5.74, 6) is 2.43. The highest BCUT2D eigenvalue weighted by atomic mass is 35.5. The van der Waals surface area contributed by atoms with Crippen LogP contribution in [0.25, 0.3) is 0 Å². The van der Waals surface area contributed by atoms with Gasteiger partial charge in [-0.2, -0.15) is 0 Å². The van der Waals surface area contributed by atoms with Crippen molar-refractivity contribution in [3.05, 3.63) is 0 Å². The molecule has 0 aromatic heterocycles. The number of terminal acetylenes is 1. The SMILES string of the molecule is C#CCC.Cl.Cl. The molecule has 0 fully saturated rings. The summed E-state index contributed by atoms with van der Waals surface area (Å²) >= 11 is 0. The van der Waals surface area contributed by atoms with Gasteiger partial charge in [-0.05, 0) is 0 Å². The van der Waals surface area contributed by atoms with E-state index in [9.17, 15) is 0 Å². The molecular formula is C4H8Cl2. The second-order valence-corrected chi connectivity index (χ2v) is 0.558. The van der Waals surface area contributed by atoms with Crippen molar-refractivity contribution in [3.8, 4) is 12.3 Å². The molecule has 0 rings (SSSR count). The maximum Gasteiger partial charge on any atom is 0.00576 e. The highest BCUT2D eigenvalue weighted by Crippen LogP contribution is 1.58. The molecule has 0 spiro atoms. The van der Waals surface area contributed by atoms with Gasteiger partial charge in [0.25, 0.3) is 0 Å². The molecule has 0 bridgehead atoms. The summed E-state index contributed by atoms with van der Waals surface area (Å²) in [7, 11) is 0. The average Bonchev–Trinajstić information content (AvgIpc) is 1.37. The molecule has 0 N–H and O–H groups in total. The maximum atomic E-state index is 4.78. The van der Waals surface area contributed by atoms with Gasteiger partial charge >= 0.3 is 0 Å². The van der Waals surface area contributed by atoms with Gasteiger partial charge in [0.1, 0.15) is 0 Å². The molecule has 0 atom stereocenters. The summed E-state index contributed by atoms with van der Waals surface area (Å²) in [5, 5.41) is 0. The van der Waals surface area contributed by atoms with Crippen LogP contribution in [-0.4, -0.2) is 0 Å². The van der Waals surface area contributed by atoms with Crippen molar-refractivity contribution in [2.45, 2.75) is 13.3 Å². The van der Waals surface area contributed by atoms with Crippen LogP contribution in [0.15, 0.2) is 0 Å². The van der Waals surface area contributed by atoms with Gasteiger partial charge in [0, 0.05) is 6.42 Å². The number of halogens is 2. The molecule has 2 heteroatoms. The van der Waals surface area contributed by atoms with Crippen LogP contribution in [-0.2, 0) is 0 Å². The lowest BCUT2D eigenvalue weighted by atomic mass is 10.5. The van der Waals surface area contributed by atoms with E-state index in [1.807, 2.05) is 6.92 Å². The molecule has 0 amide bonds. The fourth-order valence-corrected chi connectivity index (χ4v) is 0. The average molecular weight is 127 g/mol. The van der Waals surface area contributed by atoms with E-state index < -0.39 is 0 Å². The molecule has 38 valence electrons. The van der Waals surface area contributed by atoms with Gasteiger partial charge in [0.2, 0.25) is 0 Å². The molecule has 0 radical (unpaired) electrons. The van der Waals surface area contributed by atoms with E-state index in [1.54, 1.807) is 0 Å². The lowest BCUT2D eigenvalue weighted by Gasteiger charge is -1.52. The first-order valence-corrected chi connectivity index (χ1v) is 1.35. The second kappa shape index (κ2) is 19.2. The normalized spacial score (nSPS) is 3.33. The Kier molecular flexibility index (Phi) is 52.7. The second-order valence-electron chi connectivity index (χ2n) is 0.558. The summed E-state index contributed by atoms with van der Waals surface area (Å²) in [6, 6.07) is 0. The van der Waals surface area contributed by atoms with E-state index >= 15 is 0 Å². The highest BCUT2D eigenvalue weighted by molar-refractivity contribution is 5.85. The van der Waals surface area contributed by atoms with Crippen LogP contribution in [0.2, 0.25) is 0 Å². The first-order chi connectivity index (χ1) is 1.91. The minimum Gasteiger partial charge on any atom is -0.147 e. The highest BCUT2D eigenvalue weighted by Gasteiger charge is 1.43. The Morgan fingerprint density at radius 2 is 1.67 bits per heavy atom. The molecular weight excluding hydrogens is 119 g/mol. The van der Waals surface area contributed by atoms with E-state index in [1.165, 1.54) is 0 Å². The molecule has 0 saturated carbocycles. The van der Waals surface area contributed by atoms with E-state index in [-0.39, 0.29) is 24.8 Å². The van der Waals surface area contributed by atoms with Crippen molar-refractivity contribution in [1.29, 1.82) is 0 Å². The zero-order chi connectivity index (χ0) is 3.41. The molecule has 0 aliphatic rings. The van der Waals surface area contributed by atoms with E-state index in [2.05, 4.69) is 5.92 Å². The van der Waals surface area contributed by atoms with Crippen LogP contribution < -0.4 is 0 Å². The smallest absolute Gasteiger partial charge is 0.00576 e. The van der Waals surface area contributed by atoms with E-state index in [0.29, 0.717) is 0 Å². The lowest BCUT2D eigenvalue weighted by molar-refractivity contribution is 1.28. The summed E-state index contributed by atoms with van der Waals surface area (Å²) in [6.45, 7) is 1.94. The Bertz CT molecular complexity index is 35.3. The Labute approximate surface area is 51.1 Å². The van der Waals surface area contributed by atoms with Crippen molar-refractivity contribution in [2.24, 2.45) is 0 Å². The summed E-state index contributed by atoms with van der Waals surface area (Å²) in [4.78, 5) is 0. The Morgan fingerprint density at radius 3 is 1.67 bits per heavy atom. The summed E-state index contributed by atoms with van der Waals surface area (Å²) in [5.41, 5.74) is 0. The predicted octanol–water partition coefficient (Wildman–Crippen LogP) is 1.87. The Morgan fingerprint density at radius 1 is 1.50 bits per heavy atom. The molecule has 0 nitrogen and oxygen atoms in total. The van der Waals surface area contributed by atoms with Crippen LogP contribution in [0.4, 0.5) is 0 Å². The lowest BCUT2D eigenvalue weighted by Crippen LogP contribution is -1.38. The monoisotopic (exact) mass is 126 g/mol. The quantitative estimate of drug-likeness (QED) is 0.435. The topological polar surface area (TPSA) is 0 Å². The number of rotatable bonds is 0. The van der Waals surface area contributed by atoms with Crippen LogP contribution in [0.5, 0.6) is 0 Å². The third-order valence-corrected chi connectivity index (χ3v) is 0.204. The molecule has 0 aromatic carbocycles. The standard InChI is InChI=1S/C4H6.2ClH/c1-3-4-2;;/h1H,4H2,2H3;2*1H. The van der Waals surface area contributed by atoms with Crippen molar-refractivity contribution in [2.75, 3.05) is 0 Å². The maximum absolute atomic E-state index is 4.78. The Hall–Kier alpha value is 0.140. The molecule has 0 saturated heterocycles. The number of hydrogen-bond donors (Lipinski definition) is 0. The predicted molar refractivity (Wildman–Crippen MR) is 33.6 cm³/mol. The molecule has 0 unspecified atom stereocenters. The third kappa shape index (κ3) is 31.4. The third-order valence-electron chi connectivity index (χ3n) is 0.204.